The van der Waals surface area contributed by atoms with Gasteiger partial charge < -0.3 is 5.73 Å². The SMILES string of the molecule is Cc1cc(F)cc2c1N(CC(=O)NC(N)=O)C(=O)C2=O. The second-order valence-corrected chi connectivity index (χ2v) is 4.25. The zero-order chi connectivity index (χ0) is 15.0. The Hall–Kier alpha value is -2.77. The highest BCUT2D eigenvalue weighted by Gasteiger charge is 2.38. The van der Waals surface area contributed by atoms with Crippen LogP contribution < -0.4 is 16.0 Å². The van der Waals surface area contributed by atoms with E-state index in [-0.39, 0.29) is 11.3 Å². The Labute approximate surface area is 112 Å². The highest BCUT2D eigenvalue weighted by atomic mass is 19.1. The van der Waals surface area contributed by atoms with Crippen molar-refractivity contribution in [2.24, 2.45) is 5.73 Å². The summed E-state index contributed by atoms with van der Waals surface area (Å²) in [4.78, 5) is 46.4. The number of fused-ring (bicyclic) bond motifs is 1. The molecule has 4 amide bonds. The standard InChI is InChI=1S/C12H10FN3O4/c1-5-2-6(13)3-7-9(5)16(11(19)10(7)18)4-8(17)15-12(14)20/h2-3H,4H2,1H3,(H3,14,15,17,20). The van der Waals surface area contributed by atoms with Crippen molar-refractivity contribution in [1.82, 2.24) is 5.32 Å². The van der Waals surface area contributed by atoms with Gasteiger partial charge in [-0.3, -0.25) is 24.6 Å². The van der Waals surface area contributed by atoms with Crippen molar-refractivity contribution >= 4 is 29.3 Å². The lowest BCUT2D eigenvalue weighted by molar-refractivity contribution is -0.121. The van der Waals surface area contributed by atoms with E-state index < -0.39 is 36.0 Å². The Balaban J connectivity index is 2.38. The smallest absolute Gasteiger partial charge is 0.318 e. The molecule has 2 rings (SSSR count). The summed E-state index contributed by atoms with van der Waals surface area (Å²) in [5, 5.41) is 1.79. The van der Waals surface area contributed by atoms with Gasteiger partial charge in [0.05, 0.1) is 11.3 Å². The number of carbonyl (C=O) groups is 4. The first kappa shape index (κ1) is 13.7. The number of ketones is 1. The molecule has 0 saturated carbocycles. The van der Waals surface area contributed by atoms with Crippen LogP contribution >= 0.6 is 0 Å². The molecule has 0 saturated heterocycles. The number of imide groups is 1. The third-order valence-electron chi connectivity index (χ3n) is 2.78. The van der Waals surface area contributed by atoms with Crippen LogP contribution in [0.2, 0.25) is 0 Å². The van der Waals surface area contributed by atoms with Crippen LogP contribution in [0, 0.1) is 12.7 Å². The van der Waals surface area contributed by atoms with Gasteiger partial charge in [0.1, 0.15) is 12.4 Å². The van der Waals surface area contributed by atoms with Gasteiger partial charge >= 0.3 is 6.03 Å². The number of amides is 4. The fourth-order valence-electron chi connectivity index (χ4n) is 2.08. The van der Waals surface area contributed by atoms with Gasteiger partial charge in [-0.25, -0.2) is 9.18 Å². The number of rotatable bonds is 2. The van der Waals surface area contributed by atoms with E-state index in [2.05, 4.69) is 0 Å². The third-order valence-corrected chi connectivity index (χ3v) is 2.78. The van der Waals surface area contributed by atoms with Crippen molar-refractivity contribution in [2.45, 2.75) is 6.92 Å². The molecule has 1 aromatic rings. The number of benzene rings is 1. The Morgan fingerprint density at radius 1 is 1.35 bits per heavy atom. The van der Waals surface area contributed by atoms with Gasteiger partial charge in [-0.15, -0.1) is 0 Å². The lowest BCUT2D eigenvalue weighted by atomic mass is 10.1. The molecule has 0 atom stereocenters. The molecule has 0 spiro atoms. The molecule has 0 aliphatic carbocycles. The van der Waals surface area contributed by atoms with Crippen molar-refractivity contribution in [1.29, 1.82) is 0 Å². The van der Waals surface area contributed by atoms with E-state index in [0.29, 0.717) is 5.56 Å². The van der Waals surface area contributed by atoms with Crippen LogP contribution in [-0.2, 0) is 9.59 Å². The van der Waals surface area contributed by atoms with E-state index in [1.165, 1.54) is 6.92 Å². The molecule has 0 bridgehead atoms. The Morgan fingerprint density at radius 3 is 2.60 bits per heavy atom. The molecule has 0 fully saturated rings. The second-order valence-electron chi connectivity index (χ2n) is 4.25. The minimum absolute atomic E-state index is 0.0978. The summed E-state index contributed by atoms with van der Waals surface area (Å²) in [5.41, 5.74) is 5.19. The third kappa shape index (κ3) is 2.22. The largest absolute Gasteiger partial charge is 0.351 e. The molecule has 1 aromatic carbocycles. The summed E-state index contributed by atoms with van der Waals surface area (Å²) in [6, 6.07) is 1.02. The number of Topliss-reactive ketones (excluding diaryl/α,β-unsaturated/α-hetero) is 1. The number of carbonyl (C=O) groups excluding carboxylic acids is 4. The monoisotopic (exact) mass is 279 g/mol. The summed E-state index contributed by atoms with van der Waals surface area (Å²) >= 11 is 0. The van der Waals surface area contributed by atoms with E-state index in [9.17, 15) is 23.6 Å². The maximum atomic E-state index is 13.3. The van der Waals surface area contributed by atoms with Gasteiger partial charge in [0.2, 0.25) is 5.91 Å². The zero-order valence-electron chi connectivity index (χ0n) is 10.4. The number of hydrogen-bond acceptors (Lipinski definition) is 4. The van der Waals surface area contributed by atoms with Crippen LogP contribution in [0.1, 0.15) is 15.9 Å². The number of halogens is 1. The van der Waals surface area contributed by atoms with Gasteiger partial charge in [-0.1, -0.05) is 0 Å². The first-order valence-electron chi connectivity index (χ1n) is 5.57. The van der Waals surface area contributed by atoms with E-state index in [1.54, 1.807) is 5.32 Å². The predicted octanol–water partition coefficient (Wildman–Crippen LogP) is -0.142. The van der Waals surface area contributed by atoms with E-state index in [1.807, 2.05) is 0 Å². The molecule has 1 heterocycles. The van der Waals surface area contributed by atoms with Crippen LogP contribution in [0.25, 0.3) is 0 Å². The highest BCUT2D eigenvalue weighted by Crippen LogP contribution is 2.32. The van der Waals surface area contributed by atoms with Crippen LogP contribution in [0.5, 0.6) is 0 Å². The van der Waals surface area contributed by atoms with Gasteiger partial charge in [-0.05, 0) is 24.6 Å². The number of primary amides is 1. The van der Waals surface area contributed by atoms with Crippen molar-refractivity contribution in [3.05, 3.63) is 29.1 Å². The highest BCUT2D eigenvalue weighted by molar-refractivity contribution is 6.52. The van der Waals surface area contributed by atoms with E-state index in [0.717, 1.165) is 17.0 Å². The van der Waals surface area contributed by atoms with Gasteiger partial charge in [0.15, 0.2) is 0 Å². The molecule has 0 aromatic heterocycles. The normalized spacial score (nSPS) is 13.4. The summed E-state index contributed by atoms with van der Waals surface area (Å²) in [5.74, 6) is -3.33. The second kappa shape index (κ2) is 4.72. The lowest BCUT2D eigenvalue weighted by Crippen LogP contribution is -2.44. The van der Waals surface area contributed by atoms with E-state index in [4.69, 9.17) is 5.73 Å². The molecule has 0 unspecified atom stereocenters. The average molecular weight is 279 g/mol. The number of nitrogens with two attached hydrogens (primary N) is 1. The Morgan fingerprint density at radius 2 is 2.00 bits per heavy atom. The lowest BCUT2D eigenvalue weighted by Gasteiger charge is -2.17. The fourth-order valence-corrected chi connectivity index (χ4v) is 2.08. The van der Waals surface area contributed by atoms with Crippen molar-refractivity contribution < 1.29 is 23.6 Å². The van der Waals surface area contributed by atoms with Gasteiger partial charge in [0.25, 0.3) is 11.7 Å². The van der Waals surface area contributed by atoms with Crippen molar-refractivity contribution in [3.8, 4) is 0 Å². The van der Waals surface area contributed by atoms with Crippen LogP contribution in [-0.4, -0.2) is 30.2 Å². The molecule has 3 N–H and O–H groups in total. The molecular weight excluding hydrogens is 269 g/mol. The number of nitrogens with zero attached hydrogens (tertiary/aromatic N) is 1. The molecular formula is C12H10FN3O4. The number of anilines is 1. The number of urea groups is 1. The van der Waals surface area contributed by atoms with Crippen molar-refractivity contribution in [3.63, 3.8) is 0 Å². The van der Waals surface area contributed by atoms with Crippen LogP contribution in [0.15, 0.2) is 12.1 Å². The quantitative estimate of drug-likeness (QED) is 0.734. The summed E-state index contributed by atoms with van der Waals surface area (Å²) in [6.07, 6.45) is 0. The molecule has 20 heavy (non-hydrogen) atoms. The molecule has 1 aliphatic heterocycles. The molecule has 8 heteroatoms. The van der Waals surface area contributed by atoms with Gasteiger partial charge in [0, 0.05) is 0 Å². The summed E-state index contributed by atoms with van der Waals surface area (Å²) in [7, 11) is 0. The Kier molecular flexibility index (Phi) is 3.23. The molecule has 1 aliphatic rings. The predicted molar refractivity (Wildman–Crippen MR) is 65.5 cm³/mol. The minimum atomic E-state index is -1.07. The molecule has 104 valence electrons. The Bertz CT molecular complexity index is 656. The van der Waals surface area contributed by atoms with E-state index >= 15 is 0 Å². The van der Waals surface area contributed by atoms with Gasteiger partial charge in [-0.2, -0.15) is 0 Å². The topological polar surface area (TPSA) is 110 Å². The fraction of sp³-hybridized carbons (Fsp3) is 0.167. The maximum absolute atomic E-state index is 13.3. The summed E-state index contributed by atoms with van der Waals surface area (Å²) < 4.78 is 13.3. The first-order valence-corrected chi connectivity index (χ1v) is 5.57. The molecule has 0 radical (unpaired) electrons. The number of nitrogens with one attached hydrogen (secondary N) is 1. The van der Waals surface area contributed by atoms with Crippen LogP contribution in [0.4, 0.5) is 14.9 Å². The maximum Gasteiger partial charge on any atom is 0.318 e. The first-order chi connectivity index (χ1) is 9.31. The molecule has 7 nitrogen and oxygen atoms in total. The zero-order valence-corrected chi connectivity index (χ0v) is 10.4. The van der Waals surface area contributed by atoms with Crippen LogP contribution in [0.3, 0.4) is 0 Å². The van der Waals surface area contributed by atoms with Crippen molar-refractivity contribution in [2.75, 3.05) is 11.4 Å². The minimum Gasteiger partial charge on any atom is -0.351 e. The number of aryl methyl sites for hydroxylation is 1. The number of hydrogen-bond donors (Lipinski definition) is 2. The average Bonchev–Trinajstić information content (AvgIpc) is 2.53. The summed E-state index contributed by atoms with van der Waals surface area (Å²) in [6.45, 7) is 0.958.